The van der Waals surface area contributed by atoms with E-state index in [0.717, 1.165) is 31.7 Å². The molecule has 0 N–H and O–H groups in total. The first-order chi connectivity index (χ1) is 17.4. The van der Waals surface area contributed by atoms with Gasteiger partial charge in [-0.05, 0) is 61.0 Å². The molecule has 0 spiro atoms. The number of aromatic nitrogens is 1. The van der Waals surface area contributed by atoms with Crippen LogP contribution in [-0.4, -0.2) is 23.3 Å². The van der Waals surface area contributed by atoms with Gasteiger partial charge in [0.05, 0.1) is 29.0 Å². The molecule has 0 radical (unpaired) electrons. The van der Waals surface area contributed by atoms with Crippen molar-refractivity contribution in [3.8, 4) is 16.9 Å². The van der Waals surface area contributed by atoms with Crippen LogP contribution >= 0.6 is 15.9 Å². The molecule has 1 unspecified atom stereocenters. The number of pyridine rings is 1. The Labute approximate surface area is 217 Å². The van der Waals surface area contributed by atoms with Gasteiger partial charge >= 0.3 is 0 Å². The zero-order valence-corrected chi connectivity index (χ0v) is 21.5. The molecule has 36 heavy (non-hydrogen) atoms. The molecule has 1 amide bonds. The molecule has 4 aromatic rings. The van der Waals surface area contributed by atoms with Gasteiger partial charge in [-0.2, -0.15) is 0 Å². The predicted octanol–water partition coefficient (Wildman–Crippen LogP) is 5.37. The molecule has 1 aliphatic rings. The maximum atomic E-state index is 13.6. The van der Waals surface area contributed by atoms with Crippen molar-refractivity contribution < 1.29 is 14.3 Å². The molecule has 0 saturated heterocycles. The lowest BCUT2D eigenvalue weighted by molar-refractivity contribution is -0.119. The minimum atomic E-state index is -0.623. The highest BCUT2D eigenvalue weighted by atomic mass is 79.9. The highest BCUT2D eigenvalue weighted by Gasteiger charge is 2.21. The van der Waals surface area contributed by atoms with Crippen LogP contribution in [0.3, 0.4) is 0 Å². The maximum Gasteiger partial charge on any atom is 0.257 e. The number of hydrogen-bond acceptors (Lipinski definition) is 4. The SMILES string of the molecule is CCOc1ccc2c(c1)=NC(=O)C(/C=C\C(=O)c1c(C)nc3ccc(Br)cc3c1-c1ccccc1)C=2. The third-order valence-electron chi connectivity index (χ3n) is 6.08. The van der Waals surface area contributed by atoms with Crippen LogP contribution in [0.5, 0.6) is 5.75 Å². The molecule has 6 heteroatoms. The van der Waals surface area contributed by atoms with E-state index in [0.29, 0.717) is 29.0 Å². The molecule has 3 aromatic carbocycles. The third kappa shape index (κ3) is 4.64. The van der Waals surface area contributed by atoms with Crippen molar-refractivity contribution in [3.05, 3.63) is 105 Å². The first-order valence-corrected chi connectivity index (χ1v) is 12.5. The average molecular weight is 539 g/mol. The molecular weight excluding hydrogens is 516 g/mol. The number of ether oxygens (including phenoxy) is 1. The Kier molecular flexibility index (Phi) is 6.61. The lowest BCUT2D eigenvalue weighted by Crippen LogP contribution is -2.33. The summed E-state index contributed by atoms with van der Waals surface area (Å²) in [6, 6.07) is 21.2. The summed E-state index contributed by atoms with van der Waals surface area (Å²) in [7, 11) is 0. The topological polar surface area (TPSA) is 68.6 Å². The summed E-state index contributed by atoms with van der Waals surface area (Å²) < 4.78 is 6.41. The van der Waals surface area contributed by atoms with E-state index in [1.807, 2.05) is 80.6 Å². The molecule has 1 atom stereocenters. The molecule has 2 heterocycles. The summed E-state index contributed by atoms with van der Waals surface area (Å²) in [4.78, 5) is 35.2. The quantitative estimate of drug-likeness (QED) is 0.244. The fourth-order valence-electron chi connectivity index (χ4n) is 4.45. The average Bonchev–Trinajstić information content (AvgIpc) is 2.87. The minimum absolute atomic E-state index is 0.209. The van der Waals surface area contributed by atoms with Crippen molar-refractivity contribution in [2.45, 2.75) is 13.8 Å². The Balaban J connectivity index is 1.56. The smallest absolute Gasteiger partial charge is 0.257 e. The van der Waals surface area contributed by atoms with Gasteiger partial charge in [-0.15, -0.1) is 0 Å². The lowest BCUT2D eigenvalue weighted by Gasteiger charge is -2.15. The second kappa shape index (κ2) is 9.99. The summed E-state index contributed by atoms with van der Waals surface area (Å²) in [5.41, 5.74) is 3.72. The van der Waals surface area contributed by atoms with Gasteiger partial charge < -0.3 is 4.74 Å². The lowest BCUT2D eigenvalue weighted by atomic mass is 9.91. The molecule has 5 nitrogen and oxygen atoms in total. The van der Waals surface area contributed by atoms with Gasteiger partial charge in [0.25, 0.3) is 5.91 Å². The number of amides is 1. The van der Waals surface area contributed by atoms with Gasteiger partial charge in [0.15, 0.2) is 5.78 Å². The number of halogens is 1. The molecule has 0 aliphatic carbocycles. The van der Waals surface area contributed by atoms with Gasteiger partial charge in [-0.25, -0.2) is 4.99 Å². The van der Waals surface area contributed by atoms with Gasteiger partial charge in [0, 0.05) is 27.2 Å². The highest BCUT2D eigenvalue weighted by molar-refractivity contribution is 9.10. The van der Waals surface area contributed by atoms with Gasteiger partial charge in [0.1, 0.15) is 5.75 Å². The number of nitrogens with zero attached hydrogens (tertiary/aromatic N) is 2. The molecule has 0 bridgehead atoms. The number of hydrogen-bond donors (Lipinski definition) is 0. The monoisotopic (exact) mass is 538 g/mol. The van der Waals surface area contributed by atoms with E-state index >= 15 is 0 Å². The van der Waals surface area contributed by atoms with Crippen LogP contribution in [0.15, 0.2) is 88.3 Å². The van der Waals surface area contributed by atoms with Crippen molar-refractivity contribution >= 4 is 44.6 Å². The van der Waals surface area contributed by atoms with Crippen LogP contribution < -0.4 is 15.3 Å². The first kappa shape index (κ1) is 23.8. The Morgan fingerprint density at radius 1 is 1.08 bits per heavy atom. The van der Waals surface area contributed by atoms with E-state index in [9.17, 15) is 9.59 Å². The predicted molar refractivity (Wildman–Crippen MR) is 144 cm³/mol. The van der Waals surface area contributed by atoms with Crippen molar-refractivity contribution in [1.82, 2.24) is 4.98 Å². The summed E-state index contributed by atoms with van der Waals surface area (Å²) >= 11 is 3.55. The standard InChI is InChI=1S/C30H23BrN2O3/c1-3-36-23-12-9-20-15-21(30(35)33-26(20)17-23)10-14-27(34)28-18(2)32-25-13-11-22(31)16-24(25)29(28)19-7-5-4-6-8-19/h4-17,21H,3H2,1-2H3/b14-10-. The number of aryl methyl sites for hydroxylation is 1. The fraction of sp³-hybridized carbons (Fsp3) is 0.133. The van der Waals surface area contributed by atoms with Crippen LogP contribution in [-0.2, 0) is 4.79 Å². The van der Waals surface area contributed by atoms with E-state index in [1.54, 1.807) is 12.1 Å². The van der Waals surface area contributed by atoms with Gasteiger partial charge in [-0.3, -0.25) is 14.6 Å². The maximum absolute atomic E-state index is 13.6. The molecule has 178 valence electrons. The van der Waals surface area contributed by atoms with Crippen molar-refractivity contribution in [1.29, 1.82) is 0 Å². The minimum Gasteiger partial charge on any atom is -0.494 e. The second-order valence-electron chi connectivity index (χ2n) is 8.49. The number of fused-ring (bicyclic) bond motifs is 2. The van der Waals surface area contributed by atoms with Crippen molar-refractivity contribution in [2.75, 3.05) is 6.61 Å². The number of benzene rings is 3. The molecular formula is C30H23BrN2O3. The van der Waals surface area contributed by atoms with Gasteiger partial charge in [-0.1, -0.05) is 58.4 Å². The fourth-order valence-corrected chi connectivity index (χ4v) is 4.81. The Morgan fingerprint density at radius 2 is 1.89 bits per heavy atom. The summed E-state index contributed by atoms with van der Waals surface area (Å²) in [6.45, 7) is 4.28. The Morgan fingerprint density at radius 3 is 2.67 bits per heavy atom. The van der Waals surface area contributed by atoms with Crippen LogP contribution in [0.25, 0.3) is 28.1 Å². The Hall–Kier alpha value is -3.90. The van der Waals surface area contributed by atoms with Crippen LogP contribution in [0.4, 0.5) is 0 Å². The zero-order chi connectivity index (χ0) is 25.2. The van der Waals surface area contributed by atoms with Crippen LogP contribution in [0.1, 0.15) is 23.0 Å². The first-order valence-electron chi connectivity index (χ1n) is 11.7. The molecule has 0 saturated carbocycles. The number of allylic oxidation sites excluding steroid dienone is 1. The highest BCUT2D eigenvalue weighted by Crippen LogP contribution is 2.35. The molecule has 1 aliphatic heterocycles. The van der Waals surface area contributed by atoms with Crippen molar-refractivity contribution in [3.63, 3.8) is 0 Å². The number of rotatable bonds is 6. The van der Waals surface area contributed by atoms with Crippen LogP contribution in [0, 0.1) is 12.8 Å². The van der Waals surface area contributed by atoms with E-state index in [1.165, 1.54) is 6.08 Å². The van der Waals surface area contributed by atoms with Crippen molar-refractivity contribution in [2.24, 2.45) is 10.9 Å². The molecule has 0 fully saturated rings. The summed E-state index contributed by atoms with van der Waals surface area (Å²) in [5.74, 6) is -0.479. The van der Waals surface area contributed by atoms with E-state index in [-0.39, 0.29) is 11.7 Å². The third-order valence-corrected chi connectivity index (χ3v) is 6.57. The largest absolute Gasteiger partial charge is 0.494 e. The number of carbonyl (C=O) groups excluding carboxylic acids is 2. The van der Waals surface area contributed by atoms with E-state index < -0.39 is 5.92 Å². The van der Waals surface area contributed by atoms with Gasteiger partial charge in [0.2, 0.25) is 0 Å². The Bertz CT molecular complexity index is 1660. The van der Waals surface area contributed by atoms with E-state index in [4.69, 9.17) is 9.72 Å². The molecule has 5 rings (SSSR count). The molecule has 1 aromatic heterocycles. The zero-order valence-electron chi connectivity index (χ0n) is 19.9. The summed E-state index contributed by atoms with van der Waals surface area (Å²) in [6.07, 6.45) is 4.91. The van der Waals surface area contributed by atoms with Crippen LogP contribution in [0.2, 0.25) is 0 Å². The second-order valence-corrected chi connectivity index (χ2v) is 9.41. The number of carbonyl (C=O) groups is 2. The van der Waals surface area contributed by atoms with E-state index in [2.05, 4.69) is 20.9 Å². The number of ketones is 1. The normalized spacial score (nSPS) is 14.9. The summed E-state index contributed by atoms with van der Waals surface area (Å²) in [5, 5.41) is 2.29.